The SMILES string of the molecule is O=C(C[N+]1=C2c3ccccc3OC2C(=O)N(CCc2ccccc2)C1=O)Nc1cc(F)ccc1F. The lowest BCUT2D eigenvalue weighted by Gasteiger charge is -2.24. The maximum absolute atomic E-state index is 14.0. The molecule has 0 radical (unpaired) electrons. The van der Waals surface area contributed by atoms with Crippen molar-refractivity contribution in [2.75, 3.05) is 18.4 Å². The molecule has 2 aliphatic heterocycles. The Kier molecular flexibility index (Phi) is 5.82. The van der Waals surface area contributed by atoms with Crippen LogP contribution < -0.4 is 10.1 Å². The summed E-state index contributed by atoms with van der Waals surface area (Å²) >= 11 is 0. The van der Waals surface area contributed by atoms with Crippen LogP contribution in [0.5, 0.6) is 5.75 Å². The molecule has 0 fully saturated rings. The Labute approximate surface area is 199 Å². The molecule has 9 heteroatoms. The number of anilines is 1. The third-order valence-corrected chi connectivity index (χ3v) is 5.87. The number of carbonyl (C=O) groups excluding carboxylic acids is 3. The van der Waals surface area contributed by atoms with Gasteiger partial charge in [0.2, 0.25) is 0 Å². The molecule has 0 saturated heterocycles. The Morgan fingerprint density at radius 2 is 1.74 bits per heavy atom. The number of urea groups is 1. The van der Waals surface area contributed by atoms with Crippen molar-refractivity contribution in [3.05, 3.63) is 95.6 Å². The molecule has 3 aromatic carbocycles. The molecule has 176 valence electrons. The van der Waals surface area contributed by atoms with E-state index >= 15 is 0 Å². The van der Waals surface area contributed by atoms with Gasteiger partial charge in [0.05, 0.1) is 11.3 Å². The van der Waals surface area contributed by atoms with E-state index in [9.17, 15) is 23.2 Å². The molecule has 5 rings (SSSR count). The lowest BCUT2D eigenvalue weighted by Crippen LogP contribution is -2.59. The van der Waals surface area contributed by atoms with Crippen molar-refractivity contribution in [1.82, 2.24) is 4.90 Å². The molecule has 4 amide bonds. The van der Waals surface area contributed by atoms with E-state index in [-0.39, 0.29) is 17.9 Å². The zero-order valence-electron chi connectivity index (χ0n) is 18.4. The summed E-state index contributed by atoms with van der Waals surface area (Å²) in [4.78, 5) is 40.6. The topological polar surface area (TPSA) is 78.7 Å². The monoisotopic (exact) mass is 476 g/mol. The van der Waals surface area contributed by atoms with Gasteiger partial charge in [0, 0.05) is 12.5 Å². The molecule has 0 saturated carbocycles. The summed E-state index contributed by atoms with van der Waals surface area (Å²) in [6.45, 7) is -0.435. The quantitative estimate of drug-likeness (QED) is 0.554. The number of rotatable bonds is 6. The Hall–Kier alpha value is -4.40. The highest BCUT2D eigenvalue weighted by atomic mass is 19.1. The smallest absolute Gasteiger partial charge is 0.469 e. The summed E-state index contributed by atoms with van der Waals surface area (Å²) in [6.07, 6.45) is -0.679. The number of hydrogen-bond acceptors (Lipinski definition) is 4. The number of halogens is 2. The van der Waals surface area contributed by atoms with Crippen molar-refractivity contribution in [2.45, 2.75) is 12.5 Å². The van der Waals surface area contributed by atoms with Gasteiger partial charge in [-0.25, -0.2) is 13.6 Å². The fraction of sp³-hybridized carbons (Fsp3) is 0.154. The minimum atomic E-state index is -1.10. The molecular weight excluding hydrogens is 456 g/mol. The van der Waals surface area contributed by atoms with E-state index in [0.717, 1.165) is 33.2 Å². The van der Waals surface area contributed by atoms with Crippen LogP contribution in [0.1, 0.15) is 11.1 Å². The van der Waals surface area contributed by atoms with Crippen LogP contribution in [0.15, 0.2) is 72.8 Å². The second-order valence-electron chi connectivity index (χ2n) is 8.15. The van der Waals surface area contributed by atoms with E-state index in [1.54, 1.807) is 24.3 Å². The standard InChI is InChI=1S/C26H19F2N3O4/c27-17-10-11-19(28)20(14-17)29-22(32)15-31-23-18-8-4-5-9-21(18)35-24(23)25(33)30(26(31)34)13-12-16-6-2-1-3-7-16/h1-11,14,24H,12-13,15H2/p+1. The van der Waals surface area contributed by atoms with Gasteiger partial charge in [0.1, 0.15) is 23.9 Å². The van der Waals surface area contributed by atoms with Crippen molar-refractivity contribution < 1.29 is 32.5 Å². The highest BCUT2D eigenvalue weighted by Gasteiger charge is 2.53. The van der Waals surface area contributed by atoms with Crippen LogP contribution in [-0.4, -0.2) is 52.2 Å². The molecule has 0 spiro atoms. The number of hydrogen-bond donors (Lipinski definition) is 1. The van der Waals surface area contributed by atoms with Gasteiger partial charge in [-0.3, -0.25) is 4.79 Å². The Balaban J connectivity index is 1.47. The van der Waals surface area contributed by atoms with Crippen LogP contribution >= 0.6 is 0 Å². The highest BCUT2D eigenvalue weighted by molar-refractivity contribution is 6.22. The van der Waals surface area contributed by atoms with E-state index in [2.05, 4.69) is 5.32 Å². The maximum Gasteiger partial charge on any atom is 0.501 e. The number of nitrogens with one attached hydrogen (secondary N) is 1. The molecule has 1 unspecified atom stereocenters. The van der Waals surface area contributed by atoms with E-state index in [1.807, 2.05) is 30.3 Å². The van der Waals surface area contributed by atoms with Gasteiger partial charge in [0.15, 0.2) is 12.3 Å². The van der Waals surface area contributed by atoms with Gasteiger partial charge in [0.25, 0.3) is 12.0 Å². The second-order valence-corrected chi connectivity index (χ2v) is 8.15. The van der Waals surface area contributed by atoms with Crippen molar-refractivity contribution in [2.24, 2.45) is 0 Å². The lowest BCUT2D eigenvalue weighted by atomic mass is 10.0. The van der Waals surface area contributed by atoms with Crippen molar-refractivity contribution in [1.29, 1.82) is 0 Å². The van der Waals surface area contributed by atoms with Crippen LogP contribution in [0.4, 0.5) is 19.3 Å². The molecule has 1 N–H and O–H groups in total. The molecule has 0 aromatic heterocycles. The van der Waals surface area contributed by atoms with E-state index < -0.39 is 42.1 Å². The molecule has 3 aromatic rings. The Morgan fingerprint density at radius 3 is 2.54 bits per heavy atom. The predicted molar refractivity (Wildman–Crippen MR) is 122 cm³/mol. The number of imide groups is 1. The summed E-state index contributed by atoms with van der Waals surface area (Å²) in [6, 6.07) is 18.2. The molecule has 0 aliphatic carbocycles. The average molecular weight is 476 g/mol. The molecule has 7 nitrogen and oxygen atoms in total. The number of para-hydroxylation sites is 1. The molecule has 35 heavy (non-hydrogen) atoms. The number of benzene rings is 3. The summed E-state index contributed by atoms with van der Waals surface area (Å²) < 4.78 is 34.6. The number of ether oxygens (including phenoxy) is 1. The first-order valence-corrected chi connectivity index (χ1v) is 11.0. The largest absolute Gasteiger partial charge is 0.501 e. The van der Waals surface area contributed by atoms with Gasteiger partial charge in [-0.15, -0.1) is 0 Å². The van der Waals surface area contributed by atoms with E-state index in [0.29, 0.717) is 17.7 Å². The molecule has 1 atom stereocenters. The minimum absolute atomic E-state index is 0.0851. The Bertz CT molecular complexity index is 1370. The second kappa shape index (κ2) is 9.09. The van der Waals surface area contributed by atoms with Crippen LogP contribution in [0.25, 0.3) is 0 Å². The van der Waals surface area contributed by atoms with Crippen LogP contribution in [0.2, 0.25) is 0 Å². The average Bonchev–Trinajstić information content (AvgIpc) is 3.24. The van der Waals surface area contributed by atoms with Crippen LogP contribution in [0.3, 0.4) is 0 Å². The Morgan fingerprint density at radius 1 is 1.00 bits per heavy atom. The summed E-state index contributed by atoms with van der Waals surface area (Å²) in [7, 11) is 0. The lowest BCUT2D eigenvalue weighted by molar-refractivity contribution is -0.428. The highest BCUT2D eigenvalue weighted by Crippen LogP contribution is 2.32. The van der Waals surface area contributed by atoms with Gasteiger partial charge < -0.3 is 10.1 Å². The van der Waals surface area contributed by atoms with Gasteiger partial charge in [-0.1, -0.05) is 42.5 Å². The first-order valence-electron chi connectivity index (χ1n) is 11.0. The minimum Gasteiger partial charge on any atom is -0.469 e. The van der Waals surface area contributed by atoms with Gasteiger partial charge in [-0.05, 0) is 29.8 Å². The van der Waals surface area contributed by atoms with Crippen molar-refractivity contribution >= 4 is 29.2 Å². The zero-order valence-corrected chi connectivity index (χ0v) is 18.4. The third-order valence-electron chi connectivity index (χ3n) is 5.87. The molecular formula is C26H20F2N3O4+. The van der Waals surface area contributed by atoms with E-state index in [1.165, 1.54) is 0 Å². The fourth-order valence-corrected chi connectivity index (χ4v) is 4.21. The van der Waals surface area contributed by atoms with E-state index in [4.69, 9.17) is 4.74 Å². The van der Waals surface area contributed by atoms with Gasteiger partial charge >= 0.3 is 11.9 Å². The number of nitrogens with zero attached hydrogens (tertiary/aromatic N) is 2. The van der Waals surface area contributed by atoms with Gasteiger partial charge in [-0.2, -0.15) is 14.3 Å². The predicted octanol–water partition coefficient (Wildman–Crippen LogP) is 3.37. The first-order chi connectivity index (χ1) is 16.9. The summed E-state index contributed by atoms with van der Waals surface area (Å²) in [5.41, 5.74) is 1.36. The number of amides is 4. The third kappa shape index (κ3) is 4.28. The van der Waals surface area contributed by atoms with Crippen LogP contribution in [-0.2, 0) is 16.0 Å². The first kappa shape index (κ1) is 22.4. The molecule has 2 aliphatic rings. The number of carbonyl (C=O) groups is 3. The molecule has 0 bridgehead atoms. The number of fused-ring (bicyclic) bond motifs is 3. The fourth-order valence-electron chi connectivity index (χ4n) is 4.21. The normalized spacial score (nSPS) is 16.6. The maximum atomic E-state index is 14.0. The van der Waals surface area contributed by atoms with Crippen molar-refractivity contribution in [3.8, 4) is 5.75 Å². The molecule has 2 heterocycles. The summed E-state index contributed by atoms with van der Waals surface area (Å²) in [5, 5.41) is 2.30. The zero-order chi connectivity index (χ0) is 24.5. The summed E-state index contributed by atoms with van der Waals surface area (Å²) in [5.74, 6) is -2.40. The van der Waals surface area contributed by atoms with Crippen LogP contribution in [0, 0.1) is 11.6 Å². The van der Waals surface area contributed by atoms with Crippen molar-refractivity contribution in [3.63, 3.8) is 0 Å².